The predicted molar refractivity (Wildman–Crippen MR) is 90.4 cm³/mol. The number of hydrogen-bond donors (Lipinski definition) is 3. The van der Waals surface area contributed by atoms with Crippen molar-refractivity contribution in [3.05, 3.63) is 35.6 Å². The molecule has 0 radical (unpaired) electrons. The van der Waals surface area contributed by atoms with Crippen LogP contribution in [0.4, 0.5) is 5.69 Å². The van der Waals surface area contributed by atoms with Crippen molar-refractivity contribution in [1.82, 2.24) is 10.3 Å². The monoisotopic (exact) mass is 353 g/mol. The van der Waals surface area contributed by atoms with Crippen molar-refractivity contribution < 1.29 is 19.8 Å². The summed E-state index contributed by atoms with van der Waals surface area (Å²) in [6.45, 7) is 1.04. The number of pyridine rings is 1. The molecule has 1 saturated heterocycles. The Hall–Kier alpha value is -2.12. The number of carboxylic acids is 2. The second-order valence-corrected chi connectivity index (χ2v) is 6.23. The van der Waals surface area contributed by atoms with E-state index in [0.29, 0.717) is 18.2 Å². The van der Waals surface area contributed by atoms with Crippen LogP contribution < -0.4 is 10.2 Å². The van der Waals surface area contributed by atoms with Crippen LogP contribution in [0.15, 0.2) is 30.6 Å². The van der Waals surface area contributed by atoms with E-state index in [1.165, 1.54) is 18.5 Å². The van der Waals surface area contributed by atoms with Crippen molar-refractivity contribution in [3.8, 4) is 0 Å². The number of fused-ring (bicyclic) bond motifs is 1. The van der Waals surface area contributed by atoms with Crippen molar-refractivity contribution in [3.63, 3.8) is 0 Å². The number of nitrogens with one attached hydrogen (secondary N) is 1. The molecule has 1 aromatic rings. The zero-order valence-electron chi connectivity index (χ0n) is 13.2. The molecule has 2 heterocycles. The Labute approximate surface area is 144 Å². The normalized spacial score (nSPS) is 24.2. The summed E-state index contributed by atoms with van der Waals surface area (Å²) in [6.07, 6.45) is 7.38. The lowest BCUT2D eigenvalue weighted by Gasteiger charge is -2.29. The Morgan fingerprint density at radius 2 is 2.00 bits per heavy atom. The van der Waals surface area contributed by atoms with Crippen LogP contribution in [0.5, 0.6) is 0 Å². The summed E-state index contributed by atoms with van der Waals surface area (Å²) < 4.78 is 0. The van der Waals surface area contributed by atoms with E-state index in [-0.39, 0.29) is 0 Å². The number of aliphatic carboxylic acids is 2. The maximum absolute atomic E-state index is 9.55. The van der Waals surface area contributed by atoms with E-state index in [0.717, 1.165) is 23.5 Å². The van der Waals surface area contributed by atoms with E-state index in [1.807, 2.05) is 19.3 Å². The maximum atomic E-state index is 9.55. The second kappa shape index (κ2) is 8.12. The molecule has 3 unspecified atom stereocenters. The molecule has 130 valence electrons. The van der Waals surface area contributed by atoms with Gasteiger partial charge in [-0.3, -0.25) is 4.98 Å². The summed E-state index contributed by atoms with van der Waals surface area (Å²) >= 11 is 6.00. The summed E-state index contributed by atoms with van der Waals surface area (Å²) in [4.78, 5) is 25.8. The van der Waals surface area contributed by atoms with Gasteiger partial charge in [0.05, 0.1) is 16.9 Å². The first-order chi connectivity index (χ1) is 11.4. The molecule has 2 fully saturated rings. The minimum absolute atomic E-state index is 0.558. The van der Waals surface area contributed by atoms with Gasteiger partial charge in [0.2, 0.25) is 0 Å². The van der Waals surface area contributed by atoms with Crippen LogP contribution in [-0.2, 0) is 9.59 Å². The average Bonchev–Trinajstić information content (AvgIpc) is 3.17. The average molecular weight is 354 g/mol. The molecule has 1 saturated carbocycles. The third-order valence-electron chi connectivity index (χ3n) is 4.01. The molecule has 0 spiro atoms. The van der Waals surface area contributed by atoms with Crippen LogP contribution in [-0.4, -0.2) is 52.8 Å². The number of carboxylic acid groups (broad SMARTS) is 2. The third-order valence-corrected chi connectivity index (χ3v) is 4.21. The Morgan fingerprint density at radius 3 is 2.54 bits per heavy atom. The lowest BCUT2D eigenvalue weighted by Crippen LogP contribution is -2.39. The van der Waals surface area contributed by atoms with Crippen LogP contribution in [0.3, 0.4) is 0 Å². The topological polar surface area (TPSA) is 103 Å². The summed E-state index contributed by atoms with van der Waals surface area (Å²) in [5.74, 6) is -1.61. The molecule has 3 atom stereocenters. The maximum Gasteiger partial charge on any atom is 0.328 e. The first-order valence-corrected chi connectivity index (χ1v) is 7.97. The van der Waals surface area contributed by atoms with Crippen molar-refractivity contribution in [2.45, 2.75) is 24.9 Å². The molecular weight excluding hydrogens is 334 g/mol. The van der Waals surface area contributed by atoms with Crippen LogP contribution in [0.25, 0.3) is 0 Å². The molecule has 3 N–H and O–H groups in total. The number of likely N-dealkylation sites (N-methyl/N-ethyl adjacent to an activating group) is 1. The van der Waals surface area contributed by atoms with E-state index in [2.05, 4.69) is 15.2 Å². The van der Waals surface area contributed by atoms with Gasteiger partial charge in [0.15, 0.2) is 0 Å². The highest BCUT2D eigenvalue weighted by Gasteiger charge is 2.51. The molecular formula is C16H20ClN3O4. The Morgan fingerprint density at radius 1 is 1.33 bits per heavy atom. The van der Waals surface area contributed by atoms with Crippen molar-refractivity contribution in [2.24, 2.45) is 5.92 Å². The zero-order valence-corrected chi connectivity index (χ0v) is 14.0. The molecule has 0 bridgehead atoms. The number of piperidine rings is 1. The molecule has 8 heteroatoms. The lowest BCUT2D eigenvalue weighted by atomic mass is 10.1. The van der Waals surface area contributed by atoms with Gasteiger partial charge in [-0.15, -0.1) is 0 Å². The van der Waals surface area contributed by atoms with Gasteiger partial charge in [0, 0.05) is 37.0 Å². The second-order valence-electron chi connectivity index (χ2n) is 5.79. The quantitative estimate of drug-likeness (QED) is 0.691. The molecule has 2 aliphatic rings. The van der Waals surface area contributed by atoms with Crippen LogP contribution in [0.2, 0.25) is 5.02 Å². The number of nitrogens with zero attached hydrogens (tertiary/aromatic N) is 2. The lowest BCUT2D eigenvalue weighted by molar-refractivity contribution is -0.134. The van der Waals surface area contributed by atoms with Gasteiger partial charge in [-0.1, -0.05) is 11.6 Å². The van der Waals surface area contributed by atoms with Gasteiger partial charge in [-0.05, 0) is 31.9 Å². The van der Waals surface area contributed by atoms with Gasteiger partial charge >= 0.3 is 11.9 Å². The molecule has 7 nitrogen and oxygen atoms in total. The number of rotatable bonds is 5. The van der Waals surface area contributed by atoms with E-state index in [4.69, 9.17) is 21.8 Å². The van der Waals surface area contributed by atoms with Crippen LogP contribution in [0.1, 0.15) is 12.8 Å². The summed E-state index contributed by atoms with van der Waals surface area (Å²) in [5, 5.41) is 19.6. The fraction of sp³-hybridized carbons (Fsp3) is 0.438. The molecule has 1 aliphatic heterocycles. The Bertz CT molecular complexity index is 622. The van der Waals surface area contributed by atoms with Gasteiger partial charge in [0.1, 0.15) is 0 Å². The number of hydrogen-bond acceptors (Lipinski definition) is 5. The highest BCUT2D eigenvalue weighted by molar-refractivity contribution is 6.30. The minimum Gasteiger partial charge on any atom is -0.478 e. The van der Waals surface area contributed by atoms with Gasteiger partial charge in [-0.25, -0.2) is 9.59 Å². The molecule has 24 heavy (non-hydrogen) atoms. The van der Waals surface area contributed by atoms with Crippen molar-refractivity contribution in [2.75, 3.05) is 18.5 Å². The molecule has 1 aromatic heterocycles. The smallest absolute Gasteiger partial charge is 0.328 e. The number of anilines is 1. The molecule has 3 rings (SSSR count). The third kappa shape index (κ3) is 4.94. The van der Waals surface area contributed by atoms with E-state index < -0.39 is 11.9 Å². The van der Waals surface area contributed by atoms with Crippen molar-refractivity contribution in [1.29, 1.82) is 0 Å². The highest BCUT2D eigenvalue weighted by Crippen LogP contribution is 2.49. The molecule has 0 aromatic carbocycles. The van der Waals surface area contributed by atoms with E-state index >= 15 is 0 Å². The predicted octanol–water partition coefficient (Wildman–Crippen LogP) is 1.63. The van der Waals surface area contributed by atoms with Crippen molar-refractivity contribution >= 4 is 29.2 Å². The van der Waals surface area contributed by atoms with Gasteiger partial charge < -0.3 is 20.4 Å². The minimum atomic E-state index is -1.26. The number of aromatic nitrogens is 1. The standard InChI is InChI=1S/C12H16ClN3.C4H4O4/c1-14-6-10-2-8-3-12(8)16(10)11-4-9(13)5-15-7-11;5-3(6)1-2-4(7)8/h4-5,7-8,10,12,14H,2-3,6H2,1H3;1-2H,(H,5,6)(H,7,8). The summed E-state index contributed by atoms with van der Waals surface area (Å²) in [6, 6.07) is 3.37. The largest absolute Gasteiger partial charge is 0.478 e. The number of halogens is 1. The SMILES string of the molecule is CNCC1CC2CC2N1c1cncc(Cl)c1.O=C(O)C=CC(=O)O. The van der Waals surface area contributed by atoms with Gasteiger partial charge in [-0.2, -0.15) is 0 Å². The fourth-order valence-corrected chi connectivity index (χ4v) is 3.23. The van der Waals surface area contributed by atoms with Gasteiger partial charge in [0.25, 0.3) is 0 Å². The Kier molecular flexibility index (Phi) is 6.16. The highest BCUT2D eigenvalue weighted by atomic mass is 35.5. The Balaban J connectivity index is 0.000000224. The fourth-order valence-electron chi connectivity index (χ4n) is 3.06. The van der Waals surface area contributed by atoms with E-state index in [1.54, 1.807) is 6.20 Å². The first-order valence-electron chi connectivity index (χ1n) is 7.59. The van der Waals surface area contributed by atoms with E-state index in [9.17, 15) is 9.59 Å². The summed E-state index contributed by atoms with van der Waals surface area (Å²) in [5.41, 5.74) is 1.18. The number of carbonyl (C=O) groups is 2. The molecule has 1 aliphatic carbocycles. The van der Waals surface area contributed by atoms with Crippen LogP contribution >= 0.6 is 11.6 Å². The first kappa shape index (κ1) is 18.2. The van der Waals surface area contributed by atoms with Crippen LogP contribution in [0, 0.1) is 5.92 Å². The zero-order chi connectivity index (χ0) is 17.7. The summed E-state index contributed by atoms with van der Waals surface area (Å²) in [7, 11) is 2.01. The molecule has 0 amide bonds.